The molecule has 3 rings (SSSR count). The summed E-state index contributed by atoms with van der Waals surface area (Å²) >= 11 is 0. The van der Waals surface area contributed by atoms with E-state index in [0.29, 0.717) is 11.4 Å². The zero-order valence-electron chi connectivity index (χ0n) is 12.4. The molecule has 2 aliphatic rings. The summed E-state index contributed by atoms with van der Waals surface area (Å²) in [6.07, 6.45) is 8.33. The van der Waals surface area contributed by atoms with Gasteiger partial charge in [0.05, 0.1) is 4.90 Å². The fraction of sp³-hybridized carbons (Fsp3) is 0.625. The van der Waals surface area contributed by atoms with E-state index in [1.54, 1.807) is 12.1 Å². The van der Waals surface area contributed by atoms with E-state index < -0.39 is 10.0 Å². The van der Waals surface area contributed by atoms with Crippen LogP contribution in [-0.4, -0.2) is 21.5 Å². The van der Waals surface area contributed by atoms with Crippen LogP contribution in [0, 0.1) is 5.92 Å². The first-order chi connectivity index (χ1) is 10.1. The van der Waals surface area contributed by atoms with Crippen LogP contribution in [0.2, 0.25) is 0 Å². The Hall–Kier alpha value is -1.07. The predicted molar refractivity (Wildman–Crippen MR) is 85.0 cm³/mol. The highest BCUT2D eigenvalue weighted by Crippen LogP contribution is 2.28. The maximum Gasteiger partial charge on any atom is 0.240 e. The second-order valence-electron chi connectivity index (χ2n) is 6.19. The van der Waals surface area contributed by atoms with Crippen molar-refractivity contribution in [2.45, 2.75) is 49.8 Å². The SMILES string of the molecule is O=S(=O)(NCCCC1CCCC1)c1ccc2c(c1)CCN2. The van der Waals surface area contributed by atoms with Gasteiger partial charge < -0.3 is 5.32 Å². The lowest BCUT2D eigenvalue weighted by molar-refractivity contribution is 0.480. The first-order valence-corrected chi connectivity index (χ1v) is 9.50. The molecule has 0 radical (unpaired) electrons. The third-order valence-electron chi connectivity index (χ3n) is 4.65. The zero-order valence-corrected chi connectivity index (χ0v) is 13.2. The van der Waals surface area contributed by atoms with Crippen LogP contribution in [0.3, 0.4) is 0 Å². The zero-order chi connectivity index (χ0) is 14.7. The second kappa shape index (κ2) is 6.36. The van der Waals surface area contributed by atoms with Crippen molar-refractivity contribution in [3.05, 3.63) is 23.8 Å². The molecule has 4 nitrogen and oxygen atoms in total. The quantitative estimate of drug-likeness (QED) is 0.795. The van der Waals surface area contributed by atoms with Crippen molar-refractivity contribution in [1.29, 1.82) is 0 Å². The summed E-state index contributed by atoms with van der Waals surface area (Å²) in [6.45, 7) is 1.45. The van der Waals surface area contributed by atoms with E-state index in [-0.39, 0.29) is 0 Å². The molecule has 0 atom stereocenters. The molecule has 21 heavy (non-hydrogen) atoms. The monoisotopic (exact) mass is 308 g/mol. The van der Waals surface area contributed by atoms with Crippen LogP contribution in [0.5, 0.6) is 0 Å². The van der Waals surface area contributed by atoms with Crippen molar-refractivity contribution < 1.29 is 8.42 Å². The second-order valence-corrected chi connectivity index (χ2v) is 7.95. The molecule has 0 aromatic heterocycles. The van der Waals surface area contributed by atoms with Gasteiger partial charge >= 0.3 is 0 Å². The van der Waals surface area contributed by atoms with Gasteiger partial charge in [0.1, 0.15) is 0 Å². The molecule has 0 saturated heterocycles. The Kier molecular flexibility index (Phi) is 4.50. The molecule has 116 valence electrons. The van der Waals surface area contributed by atoms with Crippen LogP contribution in [0.4, 0.5) is 5.69 Å². The van der Waals surface area contributed by atoms with Gasteiger partial charge in [-0.25, -0.2) is 13.1 Å². The first-order valence-electron chi connectivity index (χ1n) is 8.02. The van der Waals surface area contributed by atoms with Crippen LogP contribution in [0.1, 0.15) is 44.1 Å². The number of anilines is 1. The van der Waals surface area contributed by atoms with Crippen molar-refractivity contribution in [2.75, 3.05) is 18.4 Å². The van der Waals surface area contributed by atoms with Gasteiger partial charge in [-0.15, -0.1) is 0 Å². The van der Waals surface area contributed by atoms with Gasteiger partial charge in [0.2, 0.25) is 10.0 Å². The van der Waals surface area contributed by atoms with Crippen LogP contribution < -0.4 is 10.0 Å². The highest BCUT2D eigenvalue weighted by Gasteiger charge is 2.18. The first kappa shape index (κ1) is 14.9. The maximum absolute atomic E-state index is 12.3. The van der Waals surface area contributed by atoms with Crippen LogP contribution in [-0.2, 0) is 16.4 Å². The van der Waals surface area contributed by atoms with Gasteiger partial charge in [0.25, 0.3) is 0 Å². The standard InChI is InChI=1S/C16H24N2O2S/c19-21(20,18-10-3-6-13-4-1-2-5-13)15-7-8-16-14(12-15)9-11-17-16/h7-8,12-13,17-18H,1-6,9-11H2. The van der Waals surface area contributed by atoms with Crippen molar-refractivity contribution in [1.82, 2.24) is 4.72 Å². The molecular formula is C16H24N2O2S. The number of sulfonamides is 1. The molecule has 1 aliphatic carbocycles. The minimum absolute atomic E-state index is 0.394. The largest absolute Gasteiger partial charge is 0.384 e. The summed E-state index contributed by atoms with van der Waals surface area (Å²) < 4.78 is 27.3. The average molecular weight is 308 g/mol. The van der Waals surface area contributed by atoms with Crippen LogP contribution >= 0.6 is 0 Å². The topological polar surface area (TPSA) is 58.2 Å². The molecule has 1 saturated carbocycles. The molecule has 0 bridgehead atoms. The molecule has 1 aromatic rings. The molecule has 0 spiro atoms. The minimum atomic E-state index is -3.36. The molecule has 5 heteroatoms. The van der Waals surface area contributed by atoms with E-state index in [0.717, 1.165) is 43.0 Å². The summed E-state index contributed by atoms with van der Waals surface area (Å²) in [5.41, 5.74) is 2.17. The van der Waals surface area contributed by atoms with E-state index in [4.69, 9.17) is 0 Å². The van der Waals surface area contributed by atoms with E-state index in [1.807, 2.05) is 6.07 Å². The molecule has 1 fully saturated rings. The number of hydrogen-bond donors (Lipinski definition) is 2. The molecule has 1 aliphatic heterocycles. The van der Waals surface area contributed by atoms with Gasteiger partial charge in [-0.1, -0.05) is 25.7 Å². The van der Waals surface area contributed by atoms with Gasteiger partial charge in [0, 0.05) is 18.8 Å². The van der Waals surface area contributed by atoms with Crippen molar-refractivity contribution in [2.24, 2.45) is 5.92 Å². The van der Waals surface area contributed by atoms with Crippen LogP contribution in [0.15, 0.2) is 23.1 Å². The lowest BCUT2D eigenvalue weighted by Crippen LogP contribution is -2.25. The van der Waals surface area contributed by atoms with E-state index in [2.05, 4.69) is 10.0 Å². The third-order valence-corrected chi connectivity index (χ3v) is 6.11. The molecule has 2 N–H and O–H groups in total. The Morgan fingerprint density at radius 1 is 1.24 bits per heavy atom. The van der Waals surface area contributed by atoms with Crippen molar-refractivity contribution in [3.8, 4) is 0 Å². The molecule has 1 heterocycles. The normalized spacial score (nSPS) is 18.7. The summed E-state index contributed by atoms with van der Waals surface area (Å²) in [5, 5.41) is 3.25. The molecular weight excluding hydrogens is 284 g/mol. The molecule has 0 unspecified atom stereocenters. The van der Waals surface area contributed by atoms with E-state index in [1.165, 1.54) is 25.7 Å². The van der Waals surface area contributed by atoms with Crippen molar-refractivity contribution in [3.63, 3.8) is 0 Å². The number of hydrogen-bond acceptors (Lipinski definition) is 3. The Morgan fingerprint density at radius 2 is 2.05 bits per heavy atom. The fourth-order valence-corrected chi connectivity index (χ4v) is 4.55. The third kappa shape index (κ3) is 3.58. The van der Waals surface area contributed by atoms with Gasteiger partial charge in [0.15, 0.2) is 0 Å². The number of nitrogens with one attached hydrogen (secondary N) is 2. The maximum atomic E-state index is 12.3. The minimum Gasteiger partial charge on any atom is -0.384 e. The number of fused-ring (bicyclic) bond motifs is 1. The highest BCUT2D eigenvalue weighted by molar-refractivity contribution is 7.89. The Bertz CT molecular complexity index is 592. The molecule has 0 amide bonds. The van der Waals surface area contributed by atoms with Crippen LogP contribution in [0.25, 0.3) is 0 Å². The number of rotatable bonds is 6. The Balaban J connectivity index is 1.53. The van der Waals surface area contributed by atoms with Gasteiger partial charge in [-0.3, -0.25) is 0 Å². The fourth-order valence-electron chi connectivity index (χ4n) is 3.43. The van der Waals surface area contributed by atoms with Crippen molar-refractivity contribution >= 4 is 15.7 Å². The molecule has 1 aromatic carbocycles. The predicted octanol–water partition coefficient (Wildman–Crippen LogP) is 2.90. The average Bonchev–Trinajstić information content (AvgIpc) is 3.13. The van der Waals surface area contributed by atoms with Gasteiger partial charge in [-0.05, 0) is 48.9 Å². The lowest BCUT2D eigenvalue weighted by atomic mass is 10.0. The summed E-state index contributed by atoms with van der Waals surface area (Å²) in [7, 11) is -3.36. The van der Waals surface area contributed by atoms with E-state index >= 15 is 0 Å². The lowest BCUT2D eigenvalue weighted by Gasteiger charge is -2.10. The van der Waals surface area contributed by atoms with Gasteiger partial charge in [-0.2, -0.15) is 0 Å². The number of benzene rings is 1. The summed E-state index contributed by atoms with van der Waals surface area (Å²) in [5.74, 6) is 0.820. The van der Waals surface area contributed by atoms with E-state index in [9.17, 15) is 8.42 Å². The summed E-state index contributed by atoms with van der Waals surface area (Å²) in [4.78, 5) is 0.394. The summed E-state index contributed by atoms with van der Waals surface area (Å²) in [6, 6.07) is 5.36. The highest BCUT2D eigenvalue weighted by atomic mass is 32.2. The Labute approximate surface area is 127 Å². The smallest absolute Gasteiger partial charge is 0.240 e. The Morgan fingerprint density at radius 3 is 2.86 bits per heavy atom.